The maximum Gasteiger partial charge on any atom is 0.170 e. The number of hydrogen-bond donors (Lipinski definition) is 0. The van der Waals surface area contributed by atoms with Gasteiger partial charge in [0.2, 0.25) is 0 Å². The Hall–Kier alpha value is -1.31. The highest BCUT2D eigenvalue weighted by Crippen LogP contribution is 2.30. The molecule has 0 amide bonds. The highest BCUT2D eigenvalue weighted by molar-refractivity contribution is 6.00. The summed E-state index contributed by atoms with van der Waals surface area (Å²) in [5.41, 5.74) is 1.89. The van der Waals surface area contributed by atoms with Gasteiger partial charge in [-0.3, -0.25) is 4.79 Å². The summed E-state index contributed by atoms with van der Waals surface area (Å²) >= 11 is 0. The number of hydrogen-bond acceptors (Lipinski definition) is 2. The molecule has 0 bridgehead atoms. The van der Waals surface area contributed by atoms with Gasteiger partial charge >= 0.3 is 0 Å². The quantitative estimate of drug-likeness (QED) is 0.694. The average molecular weight is 260 g/mol. The minimum Gasteiger partial charge on any atom is -0.489 e. The molecule has 0 N–H and O–H groups in total. The van der Waals surface area contributed by atoms with Crippen LogP contribution in [0.1, 0.15) is 67.8 Å². The molecule has 104 valence electrons. The third-order valence-corrected chi connectivity index (χ3v) is 3.77. The normalized spacial score (nSPS) is 18.0. The molecular weight excluding hydrogens is 236 g/mol. The first-order valence-corrected chi connectivity index (χ1v) is 7.51. The number of carbonyl (C=O) groups is 1. The van der Waals surface area contributed by atoms with Gasteiger partial charge in [0.05, 0.1) is 5.56 Å². The zero-order chi connectivity index (χ0) is 13.7. The molecule has 2 nitrogen and oxygen atoms in total. The van der Waals surface area contributed by atoms with E-state index in [0.717, 1.165) is 23.3 Å². The molecule has 1 aliphatic heterocycles. The monoisotopic (exact) mass is 260 g/mol. The van der Waals surface area contributed by atoms with Gasteiger partial charge in [-0.2, -0.15) is 0 Å². The Morgan fingerprint density at radius 1 is 1.21 bits per heavy atom. The molecule has 0 saturated carbocycles. The lowest BCUT2D eigenvalue weighted by atomic mass is 9.96. The second-order valence-electron chi connectivity index (χ2n) is 5.57. The Balaban J connectivity index is 1.87. The number of ether oxygens (including phenoxy) is 1. The molecular formula is C17H24O2. The van der Waals surface area contributed by atoms with Crippen LogP contribution in [-0.4, -0.2) is 11.9 Å². The second-order valence-corrected chi connectivity index (χ2v) is 5.57. The molecule has 1 unspecified atom stereocenters. The van der Waals surface area contributed by atoms with E-state index in [9.17, 15) is 4.79 Å². The highest BCUT2D eigenvalue weighted by Gasteiger charge is 2.25. The van der Waals surface area contributed by atoms with Gasteiger partial charge in [-0.05, 0) is 31.9 Å². The maximum absolute atomic E-state index is 12.1. The largest absolute Gasteiger partial charge is 0.489 e. The van der Waals surface area contributed by atoms with Crippen molar-refractivity contribution >= 4 is 5.78 Å². The fraction of sp³-hybridized carbons (Fsp3) is 0.588. The molecule has 0 fully saturated rings. The lowest BCUT2D eigenvalue weighted by Crippen LogP contribution is -2.26. The average Bonchev–Trinajstić information content (AvgIpc) is 2.39. The van der Waals surface area contributed by atoms with Crippen LogP contribution in [0.2, 0.25) is 0 Å². The Kier molecular flexibility index (Phi) is 5.00. The summed E-state index contributed by atoms with van der Waals surface area (Å²) in [6.45, 7) is 4.23. The Labute approximate surface area is 116 Å². The lowest BCUT2D eigenvalue weighted by Gasteiger charge is -2.25. The first-order valence-electron chi connectivity index (χ1n) is 7.51. The molecule has 0 saturated heterocycles. The third-order valence-electron chi connectivity index (χ3n) is 3.77. The number of rotatable bonds is 6. The van der Waals surface area contributed by atoms with Gasteiger partial charge in [-0.15, -0.1) is 0 Å². The van der Waals surface area contributed by atoms with E-state index in [1.807, 2.05) is 25.1 Å². The number of ketones is 1. The molecule has 1 aromatic rings. The van der Waals surface area contributed by atoms with Crippen molar-refractivity contribution in [2.24, 2.45) is 0 Å². The Morgan fingerprint density at radius 3 is 2.79 bits per heavy atom. The van der Waals surface area contributed by atoms with Crippen LogP contribution < -0.4 is 4.74 Å². The summed E-state index contributed by atoms with van der Waals surface area (Å²) in [6, 6.07) is 5.89. The highest BCUT2D eigenvalue weighted by atomic mass is 16.5. The molecule has 0 radical (unpaired) electrons. The summed E-state index contributed by atoms with van der Waals surface area (Å²) in [4.78, 5) is 12.1. The Bertz CT molecular complexity index is 437. The number of benzene rings is 1. The van der Waals surface area contributed by atoms with Crippen LogP contribution in [0.5, 0.6) is 5.75 Å². The molecule has 2 heteroatoms. The first kappa shape index (κ1) is 14.1. The minimum atomic E-state index is 0.0873. The molecule has 19 heavy (non-hydrogen) atoms. The van der Waals surface area contributed by atoms with E-state index in [-0.39, 0.29) is 11.9 Å². The van der Waals surface area contributed by atoms with Gasteiger partial charge in [0.15, 0.2) is 5.78 Å². The van der Waals surface area contributed by atoms with Crippen LogP contribution in [0, 0.1) is 6.92 Å². The topological polar surface area (TPSA) is 26.3 Å². The molecule has 0 spiro atoms. The van der Waals surface area contributed by atoms with Crippen LogP contribution in [0.25, 0.3) is 0 Å². The fourth-order valence-electron chi connectivity index (χ4n) is 2.64. The van der Waals surface area contributed by atoms with E-state index in [2.05, 4.69) is 6.92 Å². The minimum absolute atomic E-state index is 0.0873. The van der Waals surface area contributed by atoms with Gasteiger partial charge in [0, 0.05) is 6.42 Å². The molecule has 0 aromatic heterocycles. The van der Waals surface area contributed by atoms with Crippen molar-refractivity contribution in [2.45, 2.75) is 64.9 Å². The van der Waals surface area contributed by atoms with E-state index in [1.165, 1.54) is 32.1 Å². The van der Waals surface area contributed by atoms with Crippen molar-refractivity contribution in [1.29, 1.82) is 0 Å². The zero-order valence-corrected chi connectivity index (χ0v) is 12.1. The number of aryl methyl sites for hydroxylation is 1. The van der Waals surface area contributed by atoms with Crippen molar-refractivity contribution in [2.75, 3.05) is 0 Å². The number of carbonyl (C=O) groups excluding carboxylic acids is 1. The molecule has 1 aliphatic rings. The number of Topliss-reactive ketones (excluding diaryl/α,β-unsaturated/α-hetero) is 1. The van der Waals surface area contributed by atoms with Gasteiger partial charge in [-0.25, -0.2) is 0 Å². The maximum atomic E-state index is 12.1. The van der Waals surface area contributed by atoms with Crippen molar-refractivity contribution in [3.8, 4) is 5.75 Å². The summed E-state index contributed by atoms with van der Waals surface area (Å²) in [6.07, 6.45) is 7.93. The van der Waals surface area contributed by atoms with Crippen LogP contribution in [0.4, 0.5) is 0 Å². The van der Waals surface area contributed by atoms with Crippen molar-refractivity contribution in [3.05, 3.63) is 29.3 Å². The molecule has 0 aliphatic carbocycles. The van der Waals surface area contributed by atoms with Gasteiger partial charge in [-0.1, -0.05) is 44.2 Å². The summed E-state index contributed by atoms with van der Waals surface area (Å²) in [5.74, 6) is 1.02. The zero-order valence-electron chi connectivity index (χ0n) is 12.1. The number of unbranched alkanes of at least 4 members (excludes halogenated alkanes) is 4. The molecule has 1 atom stereocenters. The van der Waals surface area contributed by atoms with Crippen LogP contribution >= 0.6 is 0 Å². The smallest absolute Gasteiger partial charge is 0.170 e. The second kappa shape index (κ2) is 6.74. The first-order chi connectivity index (χ1) is 9.20. The van der Waals surface area contributed by atoms with Crippen LogP contribution in [-0.2, 0) is 0 Å². The van der Waals surface area contributed by atoms with Crippen molar-refractivity contribution < 1.29 is 9.53 Å². The fourth-order valence-corrected chi connectivity index (χ4v) is 2.64. The van der Waals surface area contributed by atoms with Gasteiger partial charge in [0.1, 0.15) is 11.9 Å². The van der Waals surface area contributed by atoms with E-state index in [0.29, 0.717) is 6.42 Å². The summed E-state index contributed by atoms with van der Waals surface area (Å²) in [7, 11) is 0. The standard InChI is InChI=1S/C17H24O2/c1-3-4-5-6-7-8-14-12-16(18)15-11-13(2)9-10-17(15)19-14/h9-11,14H,3-8,12H2,1-2H3. The molecule has 2 rings (SSSR count). The van der Waals surface area contributed by atoms with Crippen LogP contribution in [0.15, 0.2) is 18.2 Å². The SMILES string of the molecule is CCCCCCCC1CC(=O)c2cc(C)ccc2O1. The van der Waals surface area contributed by atoms with Gasteiger partial charge in [0.25, 0.3) is 0 Å². The third kappa shape index (κ3) is 3.82. The molecule has 1 heterocycles. The number of fused-ring (bicyclic) bond motifs is 1. The predicted molar refractivity (Wildman–Crippen MR) is 77.9 cm³/mol. The van der Waals surface area contributed by atoms with E-state index < -0.39 is 0 Å². The van der Waals surface area contributed by atoms with E-state index >= 15 is 0 Å². The predicted octanol–water partition coefficient (Wildman–Crippen LogP) is 4.69. The summed E-state index contributed by atoms with van der Waals surface area (Å²) in [5, 5.41) is 0. The van der Waals surface area contributed by atoms with Gasteiger partial charge < -0.3 is 4.74 Å². The van der Waals surface area contributed by atoms with Crippen LogP contribution in [0.3, 0.4) is 0 Å². The van der Waals surface area contributed by atoms with E-state index in [1.54, 1.807) is 0 Å². The van der Waals surface area contributed by atoms with Crippen molar-refractivity contribution in [3.63, 3.8) is 0 Å². The lowest BCUT2D eigenvalue weighted by molar-refractivity contribution is 0.0835. The molecule has 1 aromatic carbocycles. The summed E-state index contributed by atoms with van der Waals surface area (Å²) < 4.78 is 5.94. The van der Waals surface area contributed by atoms with E-state index in [4.69, 9.17) is 4.74 Å². The van der Waals surface area contributed by atoms with Crippen molar-refractivity contribution in [1.82, 2.24) is 0 Å². The Morgan fingerprint density at radius 2 is 2.00 bits per heavy atom.